The highest BCUT2D eigenvalue weighted by molar-refractivity contribution is 7.14. The van der Waals surface area contributed by atoms with E-state index in [4.69, 9.17) is 16.3 Å². The lowest BCUT2D eigenvalue weighted by Gasteiger charge is -1.96. The standard InChI is InChI=1S/C7H8ClNO2S/c1-2-3-6(10)11-5-4-12-7(8)9-5/h4H,2-3H2,1H3. The van der Waals surface area contributed by atoms with Gasteiger partial charge in [0.25, 0.3) is 0 Å². The summed E-state index contributed by atoms with van der Waals surface area (Å²) in [4.78, 5) is 14.7. The van der Waals surface area contributed by atoms with Gasteiger partial charge >= 0.3 is 5.97 Å². The highest BCUT2D eigenvalue weighted by Gasteiger charge is 2.05. The van der Waals surface area contributed by atoms with E-state index in [-0.39, 0.29) is 5.97 Å². The van der Waals surface area contributed by atoms with Crippen LogP contribution in [0.15, 0.2) is 5.38 Å². The van der Waals surface area contributed by atoms with Gasteiger partial charge in [0.15, 0.2) is 4.47 Å². The van der Waals surface area contributed by atoms with E-state index in [0.29, 0.717) is 16.8 Å². The molecule has 1 rings (SSSR count). The number of halogens is 1. The number of ether oxygens (including phenoxy) is 1. The second-order valence-electron chi connectivity index (χ2n) is 2.16. The maximum atomic E-state index is 10.9. The van der Waals surface area contributed by atoms with Crippen LogP contribution in [0.1, 0.15) is 19.8 Å². The van der Waals surface area contributed by atoms with E-state index in [1.54, 1.807) is 5.38 Å². The molecule has 0 saturated carbocycles. The minimum absolute atomic E-state index is 0.264. The van der Waals surface area contributed by atoms with Crippen LogP contribution in [0.3, 0.4) is 0 Å². The van der Waals surface area contributed by atoms with Crippen molar-refractivity contribution in [1.29, 1.82) is 0 Å². The van der Waals surface area contributed by atoms with Crippen LogP contribution >= 0.6 is 22.9 Å². The Balaban J connectivity index is 2.46. The molecule has 1 aromatic rings. The summed E-state index contributed by atoms with van der Waals surface area (Å²) in [6.07, 6.45) is 1.19. The van der Waals surface area contributed by atoms with Crippen LogP contribution in [0.25, 0.3) is 0 Å². The average molecular weight is 206 g/mol. The minimum atomic E-state index is -0.264. The van der Waals surface area contributed by atoms with Gasteiger partial charge in [-0.15, -0.1) is 11.3 Å². The van der Waals surface area contributed by atoms with Gasteiger partial charge < -0.3 is 4.74 Å². The van der Waals surface area contributed by atoms with Crippen molar-refractivity contribution in [2.24, 2.45) is 0 Å². The number of esters is 1. The van der Waals surface area contributed by atoms with Crippen molar-refractivity contribution in [3.8, 4) is 5.88 Å². The second kappa shape index (κ2) is 4.42. The highest BCUT2D eigenvalue weighted by atomic mass is 35.5. The number of aromatic nitrogens is 1. The molecule has 1 heterocycles. The quantitative estimate of drug-likeness (QED) is 0.712. The number of carbonyl (C=O) groups excluding carboxylic acids is 1. The summed E-state index contributed by atoms with van der Waals surface area (Å²) in [5.74, 6) is 0.0305. The van der Waals surface area contributed by atoms with E-state index in [1.165, 1.54) is 11.3 Å². The fourth-order valence-electron chi connectivity index (χ4n) is 0.657. The first-order valence-corrected chi connectivity index (χ1v) is 4.80. The molecule has 0 N–H and O–H groups in total. The molecular formula is C7H8ClNO2S. The normalized spacial score (nSPS) is 9.83. The third-order valence-corrected chi connectivity index (χ3v) is 2.08. The fourth-order valence-corrected chi connectivity index (χ4v) is 1.32. The second-order valence-corrected chi connectivity index (χ2v) is 3.60. The molecule has 0 radical (unpaired) electrons. The van der Waals surface area contributed by atoms with Gasteiger partial charge in [-0.25, -0.2) is 0 Å². The van der Waals surface area contributed by atoms with Crippen LogP contribution in [0.2, 0.25) is 4.47 Å². The zero-order valence-corrected chi connectivity index (χ0v) is 8.11. The van der Waals surface area contributed by atoms with Crippen LogP contribution in [-0.2, 0) is 4.79 Å². The van der Waals surface area contributed by atoms with Gasteiger partial charge in [-0.05, 0) is 6.42 Å². The summed E-state index contributed by atoms with van der Waals surface area (Å²) in [7, 11) is 0. The third kappa shape index (κ3) is 2.79. The van der Waals surface area contributed by atoms with Crippen molar-refractivity contribution < 1.29 is 9.53 Å². The van der Waals surface area contributed by atoms with Gasteiger partial charge in [-0.2, -0.15) is 4.98 Å². The monoisotopic (exact) mass is 205 g/mol. The molecule has 0 atom stereocenters. The third-order valence-electron chi connectivity index (χ3n) is 1.13. The lowest BCUT2D eigenvalue weighted by molar-refractivity contribution is -0.134. The number of thiazole rings is 1. The smallest absolute Gasteiger partial charge is 0.312 e. The van der Waals surface area contributed by atoms with Gasteiger partial charge in [0.2, 0.25) is 5.88 Å². The Bertz CT molecular complexity index is 274. The first-order chi connectivity index (χ1) is 5.72. The first-order valence-electron chi connectivity index (χ1n) is 3.54. The molecule has 0 saturated heterocycles. The van der Waals surface area contributed by atoms with E-state index >= 15 is 0 Å². The maximum absolute atomic E-state index is 10.9. The molecule has 1 aromatic heterocycles. The highest BCUT2D eigenvalue weighted by Crippen LogP contribution is 2.20. The van der Waals surface area contributed by atoms with E-state index in [9.17, 15) is 4.79 Å². The van der Waals surface area contributed by atoms with Crippen molar-refractivity contribution in [2.45, 2.75) is 19.8 Å². The fraction of sp³-hybridized carbons (Fsp3) is 0.429. The average Bonchev–Trinajstić information content (AvgIpc) is 2.36. The summed E-state index contributed by atoms with van der Waals surface area (Å²) in [5.41, 5.74) is 0. The Labute approximate surface area is 79.3 Å². The van der Waals surface area contributed by atoms with Crippen LogP contribution < -0.4 is 4.74 Å². The van der Waals surface area contributed by atoms with Gasteiger partial charge in [-0.1, -0.05) is 18.5 Å². The number of nitrogens with zero attached hydrogens (tertiary/aromatic N) is 1. The van der Waals surface area contributed by atoms with E-state index < -0.39 is 0 Å². The summed E-state index contributed by atoms with van der Waals surface area (Å²) in [6, 6.07) is 0. The molecular weight excluding hydrogens is 198 g/mol. The van der Waals surface area contributed by atoms with Crippen molar-refractivity contribution in [3.05, 3.63) is 9.85 Å². The van der Waals surface area contributed by atoms with Crippen molar-refractivity contribution >= 4 is 28.9 Å². The maximum Gasteiger partial charge on any atom is 0.312 e. The van der Waals surface area contributed by atoms with Gasteiger partial charge in [0.1, 0.15) is 0 Å². The molecule has 12 heavy (non-hydrogen) atoms. The largest absolute Gasteiger partial charge is 0.406 e. The lowest BCUT2D eigenvalue weighted by Crippen LogP contribution is -2.06. The van der Waals surface area contributed by atoms with E-state index in [2.05, 4.69) is 4.98 Å². The summed E-state index contributed by atoms with van der Waals surface area (Å²) in [6.45, 7) is 1.91. The molecule has 0 bridgehead atoms. The van der Waals surface area contributed by atoms with E-state index in [1.807, 2.05) is 6.92 Å². The molecule has 66 valence electrons. The number of rotatable bonds is 3. The Morgan fingerprint density at radius 2 is 2.58 bits per heavy atom. The van der Waals surface area contributed by atoms with Crippen LogP contribution in [0, 0.1) is 0 Å². The predicted molar refractivity (Wildman–Crippen MR) is 47.7 cm³/mol. The molecule has 0 aromatic carbocycles. The number of hydrogen-bond acceptors (Lipinski definition) is 4. The molecule has 3 nitrogen and oxygen atoms in total. The summed E-state index contributed by atoms with van der Waals surface area (Å²) in [5, 5.41) is 1.61. The van der Waals surface area contributed by atoms with Crippen LogP contribution in [0.4, 0.5) is 0 Å². The first kappa shape index (κ1) is 9.48. The molecule has 0 fully saturated rings. The molecule has 0 amide bonds. The van der Waals surface area contributed by atoms with Crippen LogP contribution in [-0.4, -0.2) is 11.0 Å². The Kier molecular flexibility index (Phi) is 3.49. The molecule has 0 aliphatic carbocycles. The summed E-state index contributed by atoms with van der Waals surface area (Å²) < 4.78 is 5.24. The zero-order valence-electron chi connectivity index (χ0n) is 6.54. The van der Waals surface area contributed by atoms with Crippen molar-refractivity contribution in [3.63, 3.8) is 0 Å². The van der Waals surface area contributed by atoms with Crippen molar-refractivity contribution in [2.75, 3.05) is 0 Å². The Morgan fingerprint density at radius 3 is 3.08 bits per heavy atom. The molecule has 0 aliphatic rings. The topological polar surface area (TPSA) is 39.2 Å². The molecule has 0 unspecified atom stereocenters. The van der Waals surface area contributed by atoms with Gasteiger partial charge in [0.05, 0.1) is 5.38 Å². The zero-order chi connectivity index (χ0) is 8.97. The summed E-state index contributed by atoms with van der Waals surface area (Å²) >= 11 is 6.78. The Hall–Kier alpha value is -0.610. The van der Waals surface area contributed by atoms with Crippen LogP contribution in [0.5, 0.6) is 5.88 Å². The van der Waals surface area contributed by atoms with Gasteiger partial charge in [0, 0.05) is 6.42 Å². The number of carbonyl (C=O) groups is 1. The Morgan fingerprint density at radius 1 is 1.83 bits per heavy atom. The molecule has 0 aliphatic heterocycles. The minimum Gasteiger partial charge on any atom is -0.406 e. The lowest BCUT2D eigenvalue weighted by atomic mass is 10.3. The predicted octanol–water partition coefficient (Wildman–Crippen LogP) is 2.50. The van der Waals surface area contributed by atoms with Gasteiger partial charge in [-0.3, -0.25) is 4.79 Å². The molecule has 5 heteroatoms. The SMILES string of the molecule is CCCC(=O)Oc1csc(Cl)n1. The van der Waals surface area contributed by atoms with Crippen molar-refractivity contribution in [1.82, 2.24) is 4.98 Å². The molecule has 0 spiro atoms. The number of hydrogen-bond donors (Lipinski definition) is 0. The van der Waals surface area contributed by atoms with E-state index in [0.717, 1.165) is 6.42 Å².